The molecule has 0 fully saturated rings. The molecule has 3 aromatic rings. The van der Waals surface area contributed by atoms with Crippen molar-refractivity contribution in [2.75, 3.05) is 23.9 Å². The molecule has 0 saturated heterocycles. The largest absolute Gasteiger partial charge is 0.372 e. The number of nitrogens with two attached hydrogens (primary N) is 1. The SMILES string of the molecule is CCS(=O)(=O)c1ccccc1-c1ccc2c(NC)nc(N)nc2c1. The number of sulfone groups is 1. The fourth-order valence-electron chi connectivity index (χ4n) is 2.64. The summed E-state index contributed by atoms with van der Waals surface area (Å²) >= 11 is 0. The van der Waals surface area contributed by atoms with Crippen LogP contribution in [0.15, 0.2) is 47.4 Å². The zero-order valence-electron chi connectivity index (χ0n) is 13.4. The van der Waals surface area contributed by atoms with E-state index in [1.807, 2.05) is 24.3 Å². The van der Waals surface area contributed by atoms with E-state index in [1.165, 1.54) is 0 Å². The second-order valence-electron chi connectivity index (χ2n) is 5.31. The summed E-state index contributed by atoms with van der Waals surface area (Å²) in [5, 5.41) is 3.81. The van der Waals surface area contributed by atoms with E-state index in [9.17, 15) is 8.42 Å². The van der Waals surface area contributed by atoms with Gasteiger partial charge in [0.15, 0.2) is 9.84 Å². The van der Waals surface area contributed by atoms with Gasteiger partial charge in [0.05, 0.1) is 16.2 Å². The van der Waals surface area contributed by atoms with Gasteiger partial charge in [0.25, 0.3) is 0 Å². The molecular weight excluding hydrogens is 324 g/mol. The summed E-state index contributed by atoms with van der Waals surface area (Å²) in [4.78, 5) is 8.73. The van der Waals surface area contributed by atoms with E-state index in [4.69, 9.17) is 5.73 Å². The molecule has 6 nitrogen and oxygen atoms in total. The molecule has 24 heavy (non-hydrogen) atoms. The smallest absolute Gasteiger partial charge is 0.222 e. The fourth-order valence-corrected chi connectivity index (χ4v) is 3.76. The van der Waals surface area contributed by atoms with Gasteiger partial charge in [0.1, 0.15) is 5.82 Å². The number of nitrogen functional groups attached to an aromatic ring is 1. The Bertz CT molecular complexity index is 1020. The van der Waals surface area contributed by atoms with Crippen LogP contribution in [0.25, 0.3) is 22.0 Å². The quantitative estimate of drug-likeness (QED) is 0.756. The predicted octanol–water partition coefficient (Wildman–Crippen LogP) is 2.71. The minimum absolute atomic E-state index is 0.0522. The first-order valence-corrected chi connectivity index (χ1v) is 9.18. The number of hydrogen-bond donors (Lipinski definition) is 2. The number of anilines is 2. The Morgan fingerprint density at radius 2 is 1.88 bits per heavy atom. The van der Waals surface area contributed by atoms with Crippen molar-refractivity contribution >= 4 is 32.5 Å². The normalized spacial score (nSPS) is 11.6. The maximum absolute atomic E-state index is 12.4. The molecule has 1 aromatic heterocycles. The standard InChI is InChI=1S/C17H18N4O2S/c1-3-24(22,23)15-7-5-4-6-12(15)11-8-9-13-14(10-11)20-17(18)21-16(13)19-2/h4-10H,3H2,1-2H3,(H3,18,19,20,21). The zero-order chi connectivity index (χ0) is 17.3. The Morgan fingerprint density at radius 3 is 2.58 bits per heavy atom. The van der Waals surface area contributed by atoms with E-state index in [0.717, 1.165) is 10.9 Å². The summed E-state index contributed by atoms with van der Waals surface area (Å²) in [7, 11) is -1.56. The van der Waals surface area contributed by atoms with Crippen LogP contribution in [0, 0.1) is 0 Å². The molecule has 2 aromatic carbocycles. The highest BCUT2D eigenvalue weighted by molar-refractivity contribution is 7.91. The summed E-state index contributed by atoms with van der Waals surface area (Å²) in [6, 6.07) is 12.5. The summed E-state index contributed by atoms with van der Waals surface area (Å²) in [5.41, 5.74) is 7.84. The van der Waals surface area contributed by atoms with Crippen LogP contribution in [0.1, 0.15) is 6.92 Å². The van der Waals surface area contributed by atoms with E-state index in [1.54, 1.807) is 32.2 Å². The van der Waals surface area contributed by atoms with Gasteiger partial charge in [-0.1, -0.05) is 31.2 Å². The van der Waals surface area contributed by atoms with E-state index in [-0.39, 0.29) is 11.7 Å². The first kappa shape index (κ1) is 16.2. The summed E-state index contributed by atoms with van der Waals surface area (Å²) in [5.74, 6) is 0.855. The molecule has 0 spiro atoms. The lowest BCUT2D eigenvalue weighted by Gasteiger charge is -2.11. The average molecular weight is 342 g/mol. The first-order chi connectivity index (χ1) is 11.5. The van der Waals surface area contributed by atoms with Crippen molar-refractivity contribution in [3.8, 4) is 11.1 Å². The van der Waals surface area contributed by atoms with Gasteiger partial charge in [-0.25, -0.2) is 13.4 Å². The lowest BCUT2D eigenvalue weighted by atomic mass is 10.0. The van der Waals surface area contributed by atoms with Gasteiger partial charge < -0.3 is 11.1 Å². The highest BCUT2D eigenvalue weighted by Gasteiger charge is 2.17. The number of nitrogens with one attached hydrogen (secondary N) is 1. The van der Waals surface area contributed by atoms with Crippen molar-refractivity contribution in [2.24, 2.45) is 0 Å². The minimum Gasteiger partial charge on any atom is -0.372 e. The molecular formula is C17H18N4O2S. The monoisotopic (exact) mass is 342 g/mol. The van der Waals surface area contributed by atoms with Gasteiger partial charge in [0, 0.05) is 18.0 Å². The van der Waals surface area contributed by atoms with Crippen LogP contribution in [-0.4, -0.2) is 31.2 Å². The van der Waals surface area contributed by atoms with E-state index < -0.39 is 9.84 Å². The van der Waals surface area contributed by atoms with E-state index in [2.05, 4.69) is 15.3 Å². The maximum Gasteiger partial charge on any atom is 0.222 e. The molecule has 0 aliphatic rings. The highest BCUT2D eigenvalue weighted by Crippen LogP contribution is 2.31. The Balaban J connectivity index is 2.25. The summed E-state index contributed by atoms with van der Waals surface area (Å²) in [6.45, 7) is 1.64. The van der Waals surface area contributed by atoms with E-state index >= 15 is 0 Å². The average Bonchev–Trinajstić information content (AvgIpc) is 2.60. The molecule has 0 aliphatic heterocycles. The number of fused-ring (bicyclic) bond motifs is 1. The number of rotatable bonds is 4. The molecule has 0 aliphatic carbocycles. The third kappa shape index (κ3) is 2.78. The zero-order valence-corrected chi connectivity index (χ0v) is 14.3. The van der Waals surface area contributed by atoms with Crippen LogP contribution in [0.5, 0.6) is 0 Å². The number of hydrogen-bond acceptors (Lipinski definition) is 6. The topological polar surface area (TPSA) is 98.0 Å². The fraction of sp³-hybridized carbons (Fsp3) is 0.176. The highest BCUT2D eigenvalue weighted by atomic mass is 32.2. The molecule has 0 bridgehead atoms. The molecule has 1 heterocycles. The van der Waals surface area contributed by atoms with Gasteiger partial charge >= 0.3 is 0 Å². The maximum atomic E-state index is 12.4. The van der Waals surface area contributed by atoms with Gasteiger partial charge in [0.2, 0.25) is 5.95 Å². The minimum atomic E-state index is -3.32. The van der Waals surface area contributed by atoms with Gasteiger partial charge in [-0.05, 0) is 23.8 Å². The predicted molar refractivity (Wildman–Crippen MR) is 96.7 cm³/mol. The molecule has 0 unspecified atom stereocenters. The Labute approximate surface area is 140 Å². The molecule has 0 radical (unpaired) electrons. The second-order valence-corrected chi connectivity index (χ2v) is 7.56. The number of aromatic nitrogens is 2. The van der Waals surface area contributed by atoms with Crippen LogP contribution in [-0.2, 0) is 9.84 Å². The van der Waals surface area contributed by atoms with Gasteiger partial charge in [-0.2, -0.15) is 4.98 Å². The lowest BCUT2D eigenvalue weighted by molar-refractivity contribution is 0.597. The number of benzene rings is 2. The van der Waals surface area contributed by atoms with Crippen LogP contribution >= 0.6 is 0 Å². The second kappa shape index (κ2) is 6.09. The third-order valence-corrected chi connectivity index (χ3v) is 5.65. The molecule has 3 N–H and O–H groups in total. The summed E-state index contributed by atoms with van der Waals surface area (Å²) < 4.78 is 24.7. The van der Waals surface area contributed by atoms with Crippen LogP contribution in [0.3, 0.4) is 0 Å². The third-order valence-electron chi connectivity index (χ3n) is 3.86. The number of nitrogens with zero attached hydrogens (tertiary/aromatic N) is 2. The van der Waals surface area contributed by atoms with Gasteiger partial charge in [-0.3, -0.25) is 0 Å². The van der Waals surface area contributed by atoms with Crippen LogP contribution < -0.4 is 11.1 Å². The first-order valence-electron chi connectivity index (χ1n) is 7.53. The Hall–Kier alpha value is -2.67. The van der Waals surface area contributed by atoms with E-state index in [0.29, 0.717) is 21.8 Å². The van der Waals surface area contributed by atoms with Crippen molar-refractivity contribution < 1.29 is 8.42 Å². The van der Waals surface area contributed by atoms with Crippen molar-refractivity contribution in [3.63, 3.8) is 0 Å². The van der Waals surface area contributed by atoms with Crippen LogP contribution in [0.4, 0.5) is 11.8 Å². The molecule has 0 atom stereocenters. The molecule has 124 valence electrons. The van der Waals surface area contributed by atoms with Crippen molar-refractivity contribution in [3.05, 3.63) is 42.5 Å². The molecule has 0 amide bonds. The Morgan fingerprint density at radius 1 is 1.12 bits per heavy atom. The van der Waals surface area contributed by atoms with Crippen LogP contribution in [0.2, 0.25) is 0 Å². The lowest BCUT2D eigenvalue weighted by Crippen LogP contribution is -2.05. The molecule has 7 heteroatoms. The van der Waals surface area contributed by atoms with Gasteiger partial charge in [-0.15, -0.1) is 0 Å². The van der Waals surface area contributed by atoms with Crippen molar-refractivity contribution in [1.29, 1.82) is 0 Å². The van der Waals surface area contributed by atoms with Crippen molar-refractivity contribution in [1.82, 2.24) is 9.97 Å². The molecule has 0 saturated carbocycles. The Kier molecular flexibility index (Phi) is 4.11. The van der Waals surface area contributed by atoms with Crippen molar-refractivity contribution in [2.45, 2.75) is 11.8 Å². The molecule has 3 rings (SSSR count). The summed E-state index contributed by atoms with van der Waals surface area (Å²) in [6.07, 6.45) is 0.